The normalized spacial score (nSPS) is 10.5. The summed E-state index contributed by atoms with van der Waals surface area (Å²) in [6.07, 6.45) is 3.03. The SMILES string of the molecule is Cc1ccc(COc2ccc(Br)cc2/C=C/C(=O)NNC(N)=S)cc1. The van der Waals surface area contributed by atoms with Crippen LogP contribution in [-0.2, 0) is 11.4 Å². The number of carbonyl (C=O) groups excluding carboxylic acids is 1. The van der Waals surface area contributed by atoms with Gasteiger partial charge < -0.3 is 10.5 Å². The van der Waals surface area contributed by atoms with Crippen LogP contribution in [0.5, 0.6) is 5.75 Å². The second-order valence-electron chi connectivity index (χ2n) is 5.27. The first kappa shape index (κ1) is 19.0. The molecule has 130 valence electrons. The van der Waals surface area contributed by atoms with Crippen LogP contribution >= 0.6 is 28.1 Å². The summed E-state index contributed by atoms with van der Waals surface area (Å²) in [7, 11) is 0. The Balaban J connectivity index is 2.07. The van der Waals surface area contributed by atoms with Gasteiger partial charge in [0.25, 0.3) is 5.91 Å². The summed E-state index contributed by atoms with van der Waals surface area (Å²) in [5.74, 6) is 0.299. The molecule has 2 aromatic carbocycles. The summed E-state index contributed by atoms with van der Waals surface area (Å²) in [4.78, 5) is 11.7. The smallest absolute Gasteiger partial charge is 0.262 e. The van der Waals surface area contributed by atoms with E-state index < -0.39 is 0 Å². The maximum Gasteiger partial charge on any atom is 0.262 e. The second-order valence-corrected chi connectivity index (χ2v) is 6.62. The molecule has 0 saturated carbocycles. The standard InChI is InChI=1S/C18H18BrN3O2S/c1-12-2-4-13(5-3-12)11-24-16-8-7-15(19)10-14(16)6-9-17(23)21-22-18(20)25/h2-10H,11H2,1H3,(H,21,23)(H3,20,22,25)/b9-6+. The predicted octanol–water partition coefficient (Wildman–Crippen LogP) is 3.21. The van der Waals surface area contributed by atoms with Crippen LogP contribution in [0.3, 0.4) is 0 Å². The van der Waals surface area contributed by atoms with Gasteiger partial charge in [-0.25, -0.2) is 0 Å². The Morgan fingerprint density at radius 2 is 1.96 bits per heavy atom. The van der Waals surface area contributed by atoms with Crippen molar-refractivity contribution in [3.8, 4) is 5.75 Å². The first-order chi connectivity index (χ1) is 11.9. The van der Waals surface area contributed by atoms with E-state index in [0.29, 0.717) is 12.4 Å². The molecule has 0 aliphatic carbocycles. The van der Waals surface area contributed by atoms with E-state index in [1.165, 1.54) is 11.6 Å². The number of aryl methyl sites for hydroxylation is 1. The quantitative estimate of drug-likeness (QED) is 0.394. The van der Waals surface area contributed by atoms with E-state index in [0.717, 1.165) is 15.6 Å². The lowest BCUT2D eigenvalue weighted by atomic mass is 10.1. The van der Waals surface area contributed by atoms with Gasteiger partial charge in [-0.3, -0.25) is 15.6 Å². The molecule has 0 fully saturated rings. The molecule has 2 aromatic rings. The number of rotatable bonds is 5. The lowest BCUT2D eigenvalue weighted by Gasteiger charge is -2.10. The number of thiocarbonyl (C=S) groups is 1. The Hall–Kier alpha value is -2.38. The van der Waals surface area contributed by atoms with Gasteiger partial charge in [-0.1, -0.05) is 45.8 Å². The predicted molar refractivity (Wildman–Crippen MR) is 107 cm³/mol. The lowest BCUT2D eigenvalue weighted by molar-refractivity contribution is -0.116. The summed E-state index contributed by atoms with van der Waals surface area (Å²) in [6.45, 7) is 2.48. The van der Waals surface area contributed by atoms with E-state index in [9.17, 15) is 4.79 Å². The van der Waals surface area contributed by atoms with Crippen LogP contribution in [0.4, 0.5) is 0 Å². The third kappa shape index (κ3) is 6.56. The number of benzene rings is 2. The molecule has 0 spiro atoms. The zero-order chi connectivity index (χ0) is 18.2. The van der Waals surface area contributed by atoms with E-state index in [2.05, 4.69) is 39.0 Å². The third-order valence-electron chi connectivity index (χ3n) is 3.21. The summed E-state index contributed by atoms with van der Waals surface area (Å²) in [6, 6.07) is 13.7. The molecule has 4 N–H and O–H groups in total. The molecule has 0 atom stereocenters. The molecule has 5 nitrogen and oxygen atoms in total. The van der Waals surface area contributed by atoms with Gasteiger partial charge in [0.15, 0.2) is 5.11 Å². The Labute approximate surface area is 160 Å². The minimum atomic E-state index is -0.378. The van der Waals surface area contributed by atoms with Crippen molar-refractivity contribution in [2.45, 2.75) is 13.5 Å². The number of hydrogen-bond donors (Lipinski definition) is 3. The molecule has 2 rings (SSSR count). The topological polar surface area (TPSA) is 76.4 Å². The Morgan fingerprint density at radius 1 is 1.24 bits per heavy atom. The van der Waals surface area contributed by atoms with E-state index in [1.54, 1.807) is 6.08 Å². The zero-order valence-electron chi connectivity index (χ0n) is 13.6. The van der Waals surface area contributed by atoms with Gasteiger partial charge >= 0.3 is 0 Å². The van der Waals surface area contributed by atoms with E-state index >= 15 is 0 Å². The molecule has 7 heteroatoms. The highest BCUT2D eigenvalue weighted by molar-refractivity contribution is 9.10. The molecular formula is C18H18BrN3O2S. The fourth-order valence-corrected chi connectivity index (χ4v) is 2.39. The molecule has 0 aliphatic heterocycles. The van der Waals surface area contributed by atoms with Crippen LogP contribution in [0.15, 0.2) is 53.0 Å². The second kappa shape index (κ2) is 9.19. The van der Waals surface area contributed by atoms with Crippen molar-refractivity contribution in [3.05, 3.63) is 69.7 Å². The van der Waals surface area contributed by atoms with E-state index in [1.807, 2.05) is 49.4 Å². The Bertz CT molecular complexity index is 791. The molecule has 0 aliphatic rings. The fourth-order valence-electron chi connectivity index (χ4n) is 1.96. The summed E-state index contributed by atoms with van der Waals surface area (Å²) < 4.78 is 6.77. The summed E-state index contributed by atoms with van der Waals surface area (Å²) in [5, 5.41) is -0.00803. The Morgan fingerprint density at radius 3 is 2.64 bits per heavy atom. The third-order valence-corrected chi connectivity index (χ3v) is 3.81. The van der Waals surface area contributed by atoms with Crippen molar-refractivity contribution in [2.75, 3.05) is 0 Å². The van der Waals surface area contributed by atoms with E-state index in [4.69, 9.17) is 10.5 Å². The van der Waals surface area contributed by atoms with Crippen LogP contribution in [0.2, 0.25) is 0 Å². The number of nitrogens with two attached hydrogens (primary N) is 1. The van der Waals surface area contributed by atoms with Gasteiger partial charge in [0.2, 0.25) is 0 Å². The first-order valence-electron chi connectivity index (χ1n) is 7.45. The van der Waals surface area contributed by atoms with Crippen molar-refractivity contribution in [3.63, 3.8) is 0 Å². The number of amides is 1. The molecule has 0 saturated heterocycles. The Kier molecular flexibility index (Phi) is 6.97. The van der Waals surface area contributed by atoms with Gasteiger partial charge in [0.05, 0.1) is 0 Å². The number of ether oxygens (including phenoxy) is 1. The number of nitrogens with one attached hydrogen (secondary N) is 2. The molecule has 0 bridgehead atoms. The number of hydrogen-bond acceptors (Lipinski definition) is 3. The zero-order valence-corrected chi connectivity index (χ0v) is 16.0. The molecule has 0 aromatic heterocycles. The molecule has 0 radical (unpaired) electrons. The molecular weight excluding hydrogens is 402 g/mol. The van der Waals surface area contributed by atoms with Crippen molar-refractivity contribution < 1.29 is 9.53 Å². The van der Waals surface area contributed by atoms with Crippen molar-refractivity contribution in [2.24, 2.45) is 5.73 Å². The van der Waals surface area contributed by atoms with Crippen LogP contribution in [0.25, 0.3) is 6.08 Å². The number of hydrazine groups is 1. The highest BCUT2D eigenvalue weighted by Crippen LogP contribution is 2.25. The first-order valence-corrected chi connectivity index (χ1v) is 8.65. The van der Waals surface area contributed by atoms with Gasteiger partial charge in [-0.15, -0.1) is 0 Å². The van der Waals surface area contributed by atoms with Crippen LogP contribution in [0.1, 0.15) is 16.7 Å². The monoisotopic (exact) mass is 419 g/mol. The van der Waals surface area contributed by atoms with E-state index in [-0.39, 0.29) is 11.0 Å². The number of halogens is 1. The van der Waals surface area contributed by atoms with Gasteiger partial charge in [0, 0.05) is 16.1 Å². The largest absolute Gasteiger partial charge is 0.488 e. The van der Waals surface area contributed by atoms with Crippen molar-refractivity contribution in [1.82, 2.24) is 10.9 Å². The van der Waals surface area contributed by atoms with Gasteiger partial charge in [0.1, 0.15) is 12.4 Å². The fraction of sp³-hybridized carbons (Fsp3) is 0.111. The minimum absolute atomic E-state index is 0.00803. The molecule has 0 heterocycles. The maximum atomic E-state index is 11.7. The number of carbonyl (C=O) groups is 1. The lowest BCUT2D eigenvalue weighted by Crippen LogP contribution is -2.43. The van der Waals surface area contributed by atoms with Crippen LogP contribution in [-0.4, -0.2) is 11.0 Å². The highest BCUT2D eigenvalue weighted by atomic mass is 79.9. The van der Waals surface area contributed by atoms with Gasteiger partial charge in [-0.2, -0.15) is 0 Å². The van der Waals surface area contributed by atoms with Crippen molar-refractivity contribution in [1.29, 1.82) is 0 Å². The van der Waals surface area contributed by atoms with Gasteiger partial charge in [-0.05, 0) is 49.0 Å². The van der Waals surface area contributed by atoms with Crippen LogP contribution < -0.4 is 21.3 Å². The minimum Gasteiger partial charge on any atom is -0.488 e. The van der Waals surface area contributed by atoms with Crippen LogP contribution in [0, 0.1) is 6.92 Å². The maximum absolute atomic E-state index is 11.7. The average Bonchev–Trinajstić information content (AvgIpc) is 2.58. The molecule has 25 heavy (non-hydrogen) atoms. The highest BCUT2D eigenvalue weighted by Gasteiger charge is 2.04. The summed E-state index contributed by atoms with van der Waals surface area (Å²) in [5.41, 5.74) is 13.0. The molecule has 0 unspecified atom stereocenters. The molecule has 1 amide bonds. The van der Waals surface area contributed by atoms with Crippen molar-refractivity contribution >= 4 is 45.2 Å². The average molecular weight is 420 g/mol. The summed E-state index contributed by atoms with van der Waals surface area (Å²) >= 11 is 8.04.